The molecule has 0 spiro atoms. The van der Waals surface area contributed by atoms with Crippen molar-refractivity contribution in [3.05, 3.63) is 74.8 Å². The number of halogens is 3. The van der Waals surface area contributed by atoms with Gasteiger partial charge in [0.15, 0.2) is 0 Å². The van der Waals surface area contributed by atoms with Crippen LogP contribution in [0.1, 0.15) is 17.8 Å². The highest BCUT2D eigenvalue weighted by molar-refractivity contribution is 6.31. The Labute approximate surface area is 140 Å². The number of benzene rings is 2. The van der Waals surface area contributed by atoms with E-state index in [9.17, 15) is 13.6 Å². The number of allylic oxidation sites excluding steroid dienone is 1. The van der Waals surface area contributed by atoms with Gasteiger partial charge in [0.1, 0.15) is 17.5 Å². The van der Waals surface area contributed by atoms with Crippen molar-refractivity contribution < 1.29 is 8.78 Å². The minimum Gasteiger partial charge on any atom is -0.292 e. The van der Waals surface area contributed by atoms with Crippen molar-refractivity contribution in [2.45, 2.75) is 13.0 Å². The topological polar surface area (TPSA) is 34.9 Å². The molecule has 24 heavy (non-hydrogen) atoms. The van der Waals surface area contributed by atoms with Gasteiger partial charge in [-0.25, -0.2) is 13.8 Å². The van der Waals surface area contributed by atoms with Gasteiger partial charge in [-0.05, 0) is 54.5 Å². The Balaban J connectivity index is 1.93. The molecule has 3 aromatic rings. The molecular weight excluding hydrogens is 334 g/mol. The summed E-state index contributed by atoms with van der Waals surface area (Å²) in [6.45, 7) is 0.461. The summed E-state index contributed by atoms with van der Waals surface area (Å²) in [6.07, 6.45) is 2.07. The molecule has 0 bridgehead atoms. The number of hydrogen-bond donors (Lipinski definition) is 0. The van der Waals surface area contributed by atoms with Gasteiger partial charge in [0.25, 0.3) is 5.56 Å². The van der Waals surface area contributed by atoms with Gasteiger partial charge in [-0.15, -0.1) is 0 Å². The van der Waals surface area contributed by atoms with E-state index < -0.39 is 11.6 Å². The zero-order chi connectivity index (χ0) is 16.8. The first kappa shape index (κ1) is 15.0. The fourth-order valence-electron chi connectivity index (χ4n) is 2.94. The third-order valence-corrected chi connectivity index (χ3v) is 4.33. The number of hydrogen-bond acceptors (Lipinski definition) is 2. The smallest absolute Gasteiger partial charge is 0.261 e. The lowest BCUT2D eigenvalue weighted by Crippen LogP contribution is -2.20. The average Bonchev–Trinajstić information content (AvgIpc) is 2.94. The van der Waals surface area contributed by atoms with Crippen molar-refractivity contribution in [3.63, 3.8) is 0 Å². The zero-order valence-corrected chi connectivity index (χ0v) is 13.1. The summed E-state index contributed by atoms with van der Waals surface area (Å²) in [6, 6.07) is 8.19. The fourth-order valence-corrected chi connectivity index (χ4v) is 3.11. The maximum Gasteiger partial charge on any atom is 0.261 e. The molecule has 0 saturated heterocycles. The van der Waals surface area contributed by atoms with Crippen LogP contribution in [-0.4, -0.2) is 9.55 Å². The van der Waals surface area contributed by atoms with Crippen LogP contribution >= 0.6 is 11.6 Å². The molecule has 0 aliphatic carbocycles. The van der Waals surface area contributed by atoms with E-state index in [4.69, 9.17) is 11.6 Å². The van der Waals surface area contributed by atoms with Crippen LogP contribution in [0.25, 0.3) is 22.6 Å². The molecule has 0 N–H and O–H groups in total. The van der Waals surface area contributed by atoms with E-state index in [1.807, 2.05) is 0 Å². The second-order valence-electron chi connectivity index (χ2n) is 5.64. The minimum absolute atomic E-state index is 0.138. The Morgan fingerprint density at radius 1 is 1.17 bits per heavy atom. The summed E-state index contributed by atoms with van der Waals surface area (Å²) in [5.41, 5.74) is 1.17. The highest BCUT2D eigenvalue weighted by Gasteiger charge is 2.21. The van der Waals surface area contributed by atoms with Gasteiger partial charge in [-0.2, -0.15) is 0 Å². The predicted octanol–water partition coefficient (Wildman–Crippen LogP) is 4.27. The average molecular weight is 345 g/mol. The second kappa shape index (κ2) is 5.53. The van der Waals surface area contributed by atoms with Crippen LogP contribution in [0.4, 0.5) is 8.78 Å². The molecule has 2 heterocycles. The van der Waals surface area contributed by atoms with Gasteiger partial charge in [-0.3, -0.25) is 9.36 Å². The van der Waals surface area contributed by atoms with E-state index in [0.717, 1.165) is 18.2 Å². The minimum atomic E-state index is -0.520. The Morgan fingerprint density at radius 2 is 2.00 bits per heavy atom. The third kappa shape index (κ3) is 2.41. The summed E-state index contributed by atoms with van der Waals surface area (Å²) in [5, 5.41) is 0.973. The maximum atomic E-state index is 13.9. The molecule has 1 aliphatic heterocycles. The second-order valence-corrected chi connectivity index (χ2v) is 6.08. The van der Waals surface area contributed by atoms with Crippen LogP contribution in [0.3, 0.4) is 0 Å². The number of nitrogens with zero attached hydrogens (tertiary/aromatic N) is 2. The van der Waals surface area contributed by atoms with Gasteiger partial charge in [0, 0.05) is 17.1 Å². The molecule has 1 aromatic heterocycles. The van der Waals surface area contributed by atoms with Crippen molar-refractivity contribution in [3.8, 4) is 0 Å². The zero-order valence-electron chi connectivity index (χ0n) is 12.4. The third-order valence-electron chi connectivity index (χ3n) is 4.10. The first-order chi connectivity index (χ1) is 11.5. The first-order valence-corrected chi connectivity index (χ1v) is 7.77. The monoisotopic (exact) mass is 344 g/mol. The molecule has 2 aromatic carbocycles. The molecule has 4 rings (SSSR count). The molecule has 0 amide bonds. The molecule has 0 saturated carbocycles. The highest BCUT2D eigenvalue weighted by atomic mass is 35.5. The van der Waals surface area contributed by atoms with Crippen LogP contribution < -0.4 is 5.56 Å². The van der Waals surface area contributed by atoms with E-state index in [1.165, 1.54) is 0 Å². The van der Waals surface area contributed by atoms with Crippen molar-refractivity contribution in [1.29, 1.82) is 0 Å². The van der Waals surface area contributed by atoms with Crippen LogP contribution in [-0.2, 0) is 6.54 Å². The lowest BCUT2D eigenvalue weighted by molar-refractivity contribution is 0.598. The van der Waals surface area contributed by atoms with E-state index >= 15 is 0 Å². The predicted molar refractivity (Wildman–Crippen MR) is 89.9 cm³/mol. The quantitative estimate of drug-likeness (QED) is 0.660. The van der Waals surface area contributed by atoms with E-state index in [-0.39, 0.29) is 11.1 Å². The number of fused-ring (bicyclic) bond motifs is 2. The van der Waals surface area contributed by atoms with Crippen LogP contribution in [0.5, 0.6) is 0 Å². The molecule has 0 radical (unpaired) electrons. The van der Waals surface area contributed by atoms with Crippen LogP contribution in [0, 0.1) is 11.6 Å². The van der Waals surface area contributed by atoms with E-state index in [0.29, 0.717) is 40.3 Å². The summed E-state index contributed by atoms with van der Waals surface area (Å²) in [5.74, 6) is -0.566. The van der Waals surface area contributed by atoms with Crippen molar-refractivity contribution in [2.24, 2.45) is 0 Å². The fraction of sp³-hybridized carbons (Fsp3) is 0.111. The molecule has 1 aliphatic rings. The lowest BCUT2D eigenvalue weighted by Gasteiger charge is -2.06. The molecule has 120 valence electrons. The summed E-state index contributed by atoms with van der Waals surface area (Å²) in [4.78, 5) is 17.1. The number of aromatic nitrogens is 2. The molecular formula is C18H11ClF2N2O. The molecule has 3 nitrogen and oxygen atoms in total. The summed E-state index contributed by atoms with van der Waals surface area (Å²) in [7, 11) is 0. The van der Waals surface area contributed by atoms with Crippen molar-refractivity contribution in [2.75, 3.05) is 0 Å². The van der Waals surface area contributed by atoms with Crippen LogP contribution in [0.2, 0.25) is 5.02 Å². The molecule has 0 unspecified atom stereocenters. The lowest BCUT2D eigenvalue weighted by atomic mass is 10.1. The first-order valence-electron chi connectivity index (χ1n) is 7.39. The van der Waals surface area contributed by atoms with E-state index in [1.54, 1.807) is 28.8 Å². The molecule has 0 atom stereocenters. The van der Waals surface area contributed by atoms with Crippen LogP contribution in [0.15, 0.2) is 41.2 Å². The SMILES string of the molecule is O=c1c2ccc(Cl)cc2nc2n1CC/C2=C\c1cc(F)ccc1F. The Morgan fingerprint density at radius 3 is 2.83 bits per heavy atom. The molecule has 0 fully saturated rings. The summed E-state index contributed by atoms with van der Waals surface area (Å²) < 4.78 is 28.8. The highest BCUT2D eigenvalue weighted by Crippen LogP contribution is 2.28. The van der Waals surface area contributed by atoms with Gasteiger partial charge in [0.05, 0.1) is 10.9 Å². The van der Waals surface area contributed by atoms with E-state index in [2.05, 4.69) is 4.98 Å². The van der Waals surface area contributed by atoms with Gasteiger partial charge in [-0.1, -0.05) is 11.6 Å². The van der Waals surface area contributed by atoms with Gasteiger partial charge >= 0.3 is 0 Å². The Hall–Kier alpha value is -2.53. The largest absolute Gasteiger partial charge is 0.292 e. The Kier molecular flexibility index (Phi) is 3.46. The van der Waals surface area contributed by atoms with Crippen molar-refractivity contribution in [1.82, 2.24) is 9.55 Å². The Bertz CT molecular complexity index is 1070. The molecule has 6 heteroatoms. The van der Waals surface area contributed by atoms with Gasteiger partial charge in [0.2, 0.25) is 0 Å². The number of rotatable bonds is 1. The maximum absolute atomic E-state index is 13.9. The standard InChI is InChI=1S/C18H11ClF2N2O/c19-12-1-3-14-16(9-12)22-17-10(5-6-23(17)18(14)24)7-11-8-13(20)2-4-15(11)21/h1-4,7-9H,5-6H2/b10-7+. The normalized spacial score (nSPS) is 15.2. The van der Waals surface area contributed by atoms with Crippen molar-refractivity contribution >= 4 is 34.2 Å². The summed E-state index contributed by atoms with van der Waals surface area (Å²) >= 11 is 5.97. The van der Waals surface area contributed by atoms with Gasteiger partial charge < -0.3 is 0 Å².